The predicted molar refractivity (Wildman–Crippen MR) is 37.9 cm³/mol. The molecule has 1 atom stereocenters. The third-order valence-electron chi connectivity index (χ3n) is 1.36. The molecule has 0 amide bonds. The Morgan fingerprint density at radius 2 is 2.43 bits per heavy atom. The minimum atomic E-state index is 0.251. The van der Waals surface area contributed by atoms with E-state index in [1.165, 1.54) is 6.42 Å². The van der Waals surface area contributed by atoms with Crippen LogP contribution in [0.5, 0.6) is 0 Å². The lowest BCUT2D eigenvalue weighted by Crippen LogP contribution is -2.41. The van der Waals surface area contributed by atoms with Gasteiger partial charge < -0.3 is 4.74 Å². The lowest BCUT2D eigenvalue weighted by atomic mass is 10.0. The first-order chi connectivity index (χ1) is 3.27. The maximum Gasteiger partial charge on any atom is 0.0765 e. The molecule has 1 saturated heterocycles. The highest BCUT2D eigenvalue weighted by Gasteiger charge is 2.31. The molecule has 0 aliphatic carbocycles. The van der Waals surface area contributed by atoms with Gasteiger partial charge >= 0.3 is 0 Å². The quantitative estimate of drug-likeness (QED) is 0.473. The summed E-state index contributed by atoms with van der Waals surface area (Å²) in [6.07, 6.45) is 1.25. The highest BCUT2D eigenvalue weighted by Crippen LogP contribution is 2.27. The van der Waals surface area contributed by atoms with Crippen LogP contribution in [0.15, 0.2) is 0 Å². The van der Waals surface area contributed by atoms with E-state index in [-0.39, 0.29) is 5.60 Å². The third kappa shape index (κ3) is 1.08. The third-order valence-corrected chi connectivity index (χ3v) is 2.98. The molecule has 1 nitrogen and oxygen atoms in total. The maximum atomic E-state index is 5.26. The van der Waals surface area contributed by atoms with Crippen LogP contribution in [0.2, 0.25) is 0 Å². The number of hydrogen-bond acceptors (Lipinski definition) is 1. The molecule has 0 aromatic rings. The lowest BCUT2D eigenvalue weighted by Gasteiger charge is -2.36. The van der Waals surface area contributed by atoms with E-state index in [4.69, 9.17) is 4.74 Å². The molecule has 0 N–H and O–H groups in total. The molecule has 0 aromatic carbocycles. The molecule has 0 radical (unpaired) electrons. The van der Waals surface area contributed by atoms with E-state index in [1.54, 1.807) is 0 Å². The van der Waals surface area contributed by atoms with Crippen molar-refractivity contribution < 1.29 is 4.74 Å². The highest BCUT2D eigenvalue weighted by atomic mass is 127. The van der Waals surface area contributed by atoms with E-state index in [0.29, 0.717) is 0 Å². The van der Waals surface area contributed by atoms with Crippen LogP contribution in [-0.4, -0.2) is 16.6 Å². The van der Waals surface area contributed by atoms with Crippen LogP contribution in [0.4, 0.5) is 0 Å². The SMILES string of the molecule is C[C@@]1(CI)CCO1. The zero-order chi connectivity index (χ0) is 5.33. The first-order valence-electron chi connectivity index (χ1n) is 2.47. The summed E-state index contributed by atoms with van der Waals surface area (Å²) in [6.45, 7) is 3.13. The summed E-state index contributed by atoms with van der Waals surface area (Å²) < 4.78 is 6.39. The fourth-order valence-corrected chi connectivity index (χ4v) is 1.16. The van der Waals surface area contributed by atoms with E-state index in [1.807, 2.05) is 0 Å². The zero-order valence-corrected chi connectivity index (χ0v) is 6.57. The summed E-state index contributed by atoms with van der Waals surface area (Å²) in [6, 6.07) is 0. The summed E-state index contributed by atoms with van der Waals surface area (Å²) in [5.74, 6) is 0. The molecule has 1 rings (SSSR count). The van der Waals surface area contributed by atoms with Gasteiger partial charge in [-0.3, -0.25) is 0 Å². The van der Waals surface area contributed by atoms with Crippen molar-refractivity contribution in [2.24, 2.45) is 0 Å². The minimum absolute atomic E-state index is 0.251. The predicted octanol–water partition coefficient (Wildman–Crippen LogP) is 1.60. The average Bonchev–Trinajstić information content (AvgIpc) is 1.61. The van der Waals surface area contributed by atoms with Gasteiger partial charge in [0.25, 0.3) is 0 Å². The normalized spacial score (nSPS) is 40.3. The highest BCUT2D eigenvalue weighted by molar-refractivity contribution is 14.1. The van der Waals surface area contributed by atoms with Crippen molar-refractivity contribution in [1.29, 1.82) is 0 Å². The molecule has 42 valence electrons. The molecule has 1 heterocycles. The molecule has 0 unspecified atom stereocenters. The van der Waals surface area contributed by atoms with Crippen LogP contribution >= 0.6 is 22.6 Å². The Balaban J connectivity index is 2.29. The van der Waals surface area contributed by atoms with Gasteiger partial charge in [-0.1, -0.05) is 22.6 Å². The van der Waals surface area contributed by atoms with Crippen molar-refractivity contribution in [3.63, 3.8) is 0 Å². The Morgan fingerprint density at radius 3 is 2.43 bits per heavy atom. The Hall–Kier alpha value is 0.690. The molecule has 1 fully saturated rings. The van der Waals surface area contributed by atoms with Crippen molar-refractivity contribution in [3.05, 3.63) is 0 Å². The van der Waals surface area contributed by atoms with E-state index < -0.39 is 0 Å². The average molecular weight is 212 g/mol. The monoisotopic (exact) mass is 212 g/mol. The van der Waals surface area contributed by atoms with Crippen LogP contribution in [0, 0.1) is 0 Å². The number of rotatable bonds is 1. The molecule has 0 bridgehead atoms. The summed E-state index contributed by atoms with van der Waals surface area (Å²) in [5.41, 5.74) is 0.251. The second kappa shape index (κ2) is 1.90. The Kier molecular flexibility index (Phi) is 1.58. The van der Waals surface area contributed by atoms with Crippen LogP contribution in [0.1, 0.15) is 13.3 Å². The van der Waals surface area contributed by atoms with E-state index in [0.717, 1.165) is 11.0 Å². The Labute approximate surface area is 57.6 Å². The lowest BCUT2D eigenvalue weighted by molar-refractivity contribution is -0.114. The zero-order valence-electron chi connectivity index (χ0n) is 4.41. The molecule has 2 heteroatoms. The molecular formula is C5H9IO. The summed E-state index contributed by atoms with van der Waals surface area (Å²) in [4.78, 5) is 0. The first kappa shape index (κ1) is 5.82. The standard InChI is InChI=1S/C5H9IO/c1-5(4-6)2-3-7-5/h2-4H2,1H3/t5-/m0/s1. The van der Waals surface area contributed by atoms with Crippen molar-refractivity contribution >= 4 is 22.6 Å². The minimum Gasteiger partial charge on any atom is -0.374 e. The van der Waals surface area contributed by atoms with Gasteiger partial charge in [0.2, 0.25) is 0 Å². The van der Waals surface area contributed by atoms with E-state index in [9.17, 15) is 0 Å². The van der Waals surface area contributed by atoms with Gasteiger partial charge in [-0.25, -0.2) is 0 Å². The molecule has 7 heavy (non-hydrogen) atoms. The Morgan fingerprint density at radius 1 is 1.86 bits per heavy atom. The van der Waals surface area contributed by atoms with Gasteiger partial charge in [0.1, 0.15) is 0 Å². The van der Waals surface area contributed by atoms with E-state index in [2.05, 4.69) is 29.5 Å². The number of alkyl halides is 1. The molecular weight excluding hydrogens is 203 g/mol. The van der Waals surface area contributed by atoms with Gasteiger partial charge in [-0.15, -0.1) is 0 Å². The largest absolute Gasteiger partial charge is 0.374 e. The van der Waals surface area contributed by atoms with Gasteiger partial charge in [-0.2, -0.15) is 0 Å². The second-order valence-electron chi connectivity index (χ2n) is 2.18. The van der Waals surface area contributed by atoms with Crippen LogP contribution < -0.4 is 0 Å². The van der Waals surface area contributed by atoms with Gasteiger partial charge in [0.05, 0.1) is 12.2 Å². The van der Waals surface area contributed by atoms with Crippen molar-refractivity contribution in [3.8, 4) is 0 Å². The van der Waals surface area contributed by atoms with Crippen molar-refractivity contribution in [2.75, 3.05) is 11.0 Å². The summed E-state index contributed by atoms with van der Waals surface area (Å²) >= 11 is 2.36. The summed E-state index contributed by atoms with van der Waals surface area (Å²) in [7, 11) is 0. The van der Waals surface area contributed by atoms with E-state index >= 15 is 0 Å². The molecule has 1 aliphatic rings. The van der Waals surface area contributed by atoms with Gasteiger partial charge in [0.15, 0.2) is 0 Å². The van der Waals surface area contributed by atoms with Gasteiger partial charge in [-0.05, 0) is 6.92 Å². The first-order valence-corrected chi connectivity index (χ1v) is 3.99. The number of halogens is 1. The smallest absolute Gasteiger partial charge is 0.0765 e. The molecule has 0 spiro atoms. The molecule has 1 aliphatic heterocycles. The van der Waals surface area contributed by atoms with Crippen LogP contribution in [0.25, 0.3) is 0 Å². The summed E-state index contributed by atoms with van der Waals surface area (Å²) in [5, 5.41) is 0. The second-order valence-corrected chi connectivity index (χ2v) is 2.94. The van der Waals surface area contributed by atoms with Crippen LogP contribution in [-0.2, 0) is 4.74 Å². The molecule has 0 aromatic heterocycles. The van der Waals surface area contributed by atoms with Crippen molar-refractivity contribution in [2.45, 2.75) is 18.9 Å². The van der Waals surface area contributed by atoms with Crippen LogP contribution in [0.3, 0.4) is 0 Å². The molecule has 0 saturated carbocycles. The maximum absolute atomic E-state index is 5.26. The number of ether oxygens (including phenoxy) is 1. The Bertz CT molecular complexity index is 63.0. The number of hydrogen-bond donors (Lipinski definition) is 0. The van der Waals surface area contributed by atoms with Crippen molar-refractivity contribution in [1.82, 2.24) is 0 Å². The fraction of sp³-hybridized carbons (Fsp3) is 1.00. The fourth-order valence-electron chi connectivity index (χ4n) is 0.556. The topological polar surface area (TPSA) is 9.23 Å². The van der Waals surface area contributed by atoms with Gasteiger partial charge in [0, 0.05) is 10.8 Å².